The Morgan fingerprint density at radius 1 is 1.10 bits per heavy atom. The van der Waals surface area contributed by atoms with Crippen molar-refractivity contribution in [2.45, 2.75) is 77.4 Å². The summed E-state index contributed by atoms with van der Waals surface area (Å²) in [5.41, 5.74) is 0.958. The van der Waals surface area contributed by atoms with Crippen LogP contribution in [0.25, 0.3) is 0 Å². The second kappa shape index (κ2) is 6.51. The Morgan fingerprint density at radius 3 is 2.55 bits per heavy atom. The summed E-state index contributed by atoms with van der Waals surface area (Å²) in [5, 5.41) is 0.118. The maximum absolute atomic E-state index is 13.3. The monoisotopic (exact) mass is 418 g/mol. The molecule has 1 aliphatic heterocycles. The first-order chi connectivity index (χ1) is 13.8. The number of fused-ring (bicyclic) bond motifs is 6. The van der Waals surface area contributed by atoms with Crippen LogP contribution in [-0.2, 0) is 25.1 Å². The third kappa shape index (κ3) is 2.46. The van der Waals surface area contributed by atoms with E-state index in [1.54, 1.807) is 0 Å². The van der Waals surface area contributed by atoms with Crippen LogP contribution in [-0.4, -0.2) is 33.6 Å². The van der Waals surface area contributed by atoms with Crippen LogP contribution in [0.4, 0.5) is 0 Å². The SMILES string of the molecule is CCS(=O)C1CC2=CC(=O)CCC2(C)[C@H]2CCC3(C)C(CCC34CCOC4=O)C12. The molecule has 5 aliphatic rings. The first-order valence-electron chi connectivity index (χ1n) is 11.5. The molecule has 0 aromatic heterocycles. The van der Waals surface area contributed by atoms with Crippen molar-refractivity contribution < 1.29 is 18.5 Å². The van der Waals surface area contributed by atoms with Gasteiger partial charge in [0, 0.05) is 28.2 Å². The summed E-state index contributed by atoms with van der Waals surface area (Å²) in [7, 11) is -0.894. The van der Waals surface area contributed by atoms with Crippen molar-refractivity contribution in [3.05, 3.63) is 11.6 Å². The number of cyclic esters (lactones) is 1. The topological polar surface area (TPSA) is 60.4 Å². The predicted molar refractivity (Wildman–Crippen MR) is 113 cm³/mol. The van der Waals surface area contributed by atoms with Gasteiger partial charge in [-0.15, -0.1) is 0 Å². The Morgan fingerprint density at radius 2 is 1.86 bits per heavy atom. The molecule has 29 heavy (non-hydrogen) atoms. The van der Waals surface area contributed by atoms with E-state index in [4.69, 9.17) is 4.74 Å². The van der Waals surface area contributed by atoms with Crippen LogP contribution in [0.15, 0.2) is 11.6 Å². The van der Waals surface area contributed by atoms with Crippen molar-refractivity contribution in [1.29, 1.82) is 0 Å². The molecule has 160 valence electrons. The zero-order valence-electron chi connectivity index (χ0n) is 18.0. The number of ether oxygens (including phenoxy) is 1. The Kier molecular flexibility index (Phi) is 4.48. The lowest BCUT2D eigenvalue weighted by molar-refractivity contribution is -0.156. The van der Waals surface area contributed by atoms with E-state index >= 15 is 0 Å². The molecule has 4 nitrogen and oxygen atoms in total. The van der Waals surface area contributed by atoms with Gasteiger partial charge in [0.05, 0.1) is 12.0 Å². The number of ketones is 1. The van der Waals surface area contributed by atoms with Crippen LogP contribution in [0.5, 0.6) is 0 Å². The highest BCUT2D eigenvalue weighted by atomic mass is 32.2. The quantitative estimate of drug-likeness (QED) is 0.631. The van der Waals surface area contributed by atoms with E-state index in [2.05, 4.69) is 13.8 Å². The predicted octanol–water partition coefficient (Wildman–Crippen LogP) is 4.20. The molecular weight excluding hydrogens is 384 g/mol. The molecule has 0 amide bonds. The van der Waals surface area contributed by atoms with Gasteiger partial charge in [0.15, 0.2) is 5.78 Å². The van der Waals surface area contributed by atoms with Crippen molar-refractivity contribution in [2.75, 3.05) is 12.4 Å². The number of rotatable bonds is 2. The summed E-state index contributed by atoms with van der Waals surface area (Å²) in [5.74, 6) is 2.23. The van der Waals surface area contributed by atoms with Crippen LogP contribution in [0.3, 0.4) is 0 Å². The van der Waals surface area contributed by atoms with Crippen LogP contribution in [0, 0.1) is 34.0 Å². The van der Waals surface area contributed by atoms with Gasteiger partial charge in [0.2, 0.25) is 0 Å². The Bertz CT molecular complexity index is 818. The van der Waals surface area contributed by atoms with Gasteiger partial charge in [0.1, 0.15) is 0 Å². The van der Waals surface area contributed by atoms with Gasteiger partial charge in [-0.05, 0) is 79.6 Å². The third-order valence-corrected chi connectivity index (χ3v) is 11.8. The van der Waals surface area contributed by atoms with E-state index in [1.165, 1.54) is 5.57 Å². The van der Waals surface area contributed by atoms with Gasteiger partial charge in [-0.2, -0.15) is 0 Å². The molecule has 0 bridgehead atoms. The molecule has 1 saturated heterocycles. The van der Waals surface area contributed by atoms with Gasteiger partial charge in [-0.25, -0.2) is 0 Å². The van der Waals surface area contributed by atoms with E-state index in [0.717, 1.165) is 44.9 Å². The summed E-state index contributed by atoms with van der Waals surface area (Å²) in [6.45, 7) is 7.29. The van der Waals surface area contributed by atoms with E-state index in [9.17, 15) is 13.8 Å². The molecule has 1 spiro atoms. The summed E-state index contributed by atoms with van der Waals surface area (Å²) >= 11 is 0. The van der Waals surface area contributed by atoms with Crippen LogP contribution < -0.4 is 0 Å². The fourth-order valence-electron chi connectivity index (χ4n) is 8.42. The number of carbonyl (C=O) groups is 2. The van der Waals surface area contributed by atoms with Crippen LogP contribution >= 0.6 is 0 Å². The number of hydrogen-bond donors (Lipinski definition) is 0. The number of hydrogen-bond acceptors (Lipinski definition) is 4. The van der Waals surface area contributed by atoms with Crippen LogP contribution in [0.2, 0.25) is 0 Å². The van der Waals surface area contributed by atoms with E-state index in [1.807, 2.05) is 13.0 Å². The molecule has 5 heteroatoms. The Labute approximate surface area is 176 Å². The zero-order valence-corrected chi connectivity index (χ0v) is 18.8. The maximum Gasteiger partial charge on any atom is 0.312 e. The zero-order chi connectivity index (χ0) is 20.6. The lowest BCUT2D eigenvalue weighted by atomic mass is 9.45. The van der Waals surface area contributed by atoms with E-state index in [0.29, 0.717) is 36.5 Å². The first kappa shape index (κ1) is 20.0. The molecular formula is C24H34O4S. The lowest BCUT2D eigenvalue weighted by Gasteiger charge is -2.61. The molecule has 5 rings (SSSR count). The summed E-state index contributed by atoms with van der Waals surface area (Å²) < 4.78 is 18.8. The highest BCUT2D eigenvalue weighted by Gasteiger charge is 2.69. The van der Waals surface area contributed by atoms with Gasteiger partial charge in [-0.1, -0.05) is 26.3 Å². The maximum atomic E-state index is 13.3. The highest BCUT2D eigenvalue weighted by Crippen LogP contribution is 2.72. The molecule has 7 unspecified atom stereocenters. The summed E-state index contributed by atoms with van der Waals surface area (Å²) in [6.07, 6.45) is 9.24. The van der Waals surface area contributed by atoms with Crippen molar-refractivity contribution in [2.24, 2.45) is 34.0 Å². The average molecular weight is 419 g/mol. The molecule has 0 aromatic rings. The van der Waals surface area contributed by atoms with Gasteiger partial charge < -0.3 is 4.74 Å². The molecule has 4 aliphatic carbocycles. The van der Waals surface area contributed by atoms with Crippen molar-refractivity contribution >= 4 is 22.6 Å². The number of esters is 1. The molecule has 0 N–H and O–H groups in total. The second-order valence-electron chi connectivity index (χ2n) is 10.7. The fourth-order valence-corrected chi connectivity index (χ4v) is 9.95. The minimum absolute atomic E-state index is 0.0278. The lowest BCUT2D eigenvalue weighted by Crippen LogP contribution is -2.58. The van der Waals surface area contributed by atoms with Gasteiger partial charge >= 0.3 is 5.97 Å². The average Bonchev–Trinajstić information content (AvgIpc) is 3.22. The molecule has 0 aromatic carbocycles. The van der Waals surface area contributed by atoms with Crippen molar-refractivity contribution in [3.8, 4) is 0 Å². The van der Waals surface area contributed by atoms with Gasteiger partial charge in [0.25, 0.3) is 0 Å². The molecule has 1 heterocycles. The summed E-state index contributed by atoms with van der Waals surface area (Å²) in [6, 6.07) is 0. The normalized spacial score (nSPS) is 49.8. The van der Waals surface area contributed by atoms with Crippen molar-refractivity contribution in [1.82, 2.24) is 0 Å². The highest BCUT2D eigenvalue weighted by molar-refractivity contribution is 7.85. The first-order valence-corrected chi connectivity index (χ1v) is 12.9. The largest absolute Gasteiger partial charge is 0.465 e. The van der Waals surface area contributed by atoms with E-state index < -0.39 is 10.8 Å². The van der Waals surface area contributed by atoms with Crippen molar-refractivity contribution in [3.63, 3.8) is 0 Å². The standard InChI is InChI=1S/C24H34O4S/c1-4-29(27)19-14-15-13-16(25)5-8-22(15,2)17-6-9-23(3)18(20(17)19)7-10-24(23)11-12-28-21(24)26/h13,17-20H,4-12,14H2,1-3H3/t17-,18?,19?,20?,22?,23?,24?,29?/m0/s1. The smallest absolute Gasteiger partial charge is 0.312 e. The fraction of sp³-hybridized carbons (Fsp3) is 0.833. The Balaban J connectivity index is 1.60. The number of carbonyl (C=O) groups excluding carboxylic acids is 2. The Hall–Kier alpha value is -0.970. The van der Waals surface area contributed by atoms with E-state index in [-0.39, 0.29) is 33.2 Å². The number of allylic oxidation sites excluding steroid dienone is 1. The van der Waals surface area contributed by atoms with Gasteiger partial charge in [-0.3, -0.25) is 13.8 Å². The molecule has 3 saturated carbocycles. The minimum Gasteiger partial charge on any atom is -0.465 e. The van der Waals surface area contributed by atoms with Crippen LogP contribution in [0.1, 0.15) is 72.1 Å². The molecule has 4 fully saturated rings. The second-order valence-corrected chi connectivity index (χ2v) is 12.7. The molecule has 0 radical (unpaired) electrons. The summed E-state index contributed by atoms with van der Waals surface area (Å²) in [4.78, 5) is 25.1. The minimum atomic E-state index is -0.894. The third-order valence-electron chi connectivity index (χ3n) is 10.1. The molecule has 8 atom stereocenters.